The van der Waals surface area contributed by atoms with Gasteiger partial charge in [-0.1, -0.05) is 18.2 Å². The summed E-state index contributed by atoms with van der Waals surface area (Å²) in [6.07, 6.45) is 4.06. The molecule has 1 aliphatic heterocycles. The van der Waals surface area contributed by atoms with Crippen molar-refractivity contribution < 1.29 is 31.1 Å². The number of carbonyl (C=O) groups is 1. The molecule has 33 heavy (non-hydrogen) atoms. The summed E-state index contributed by atoms with van der Waals surface area (Å²) in [6.45, 7) is 1.64. The Morgan fingerprint density at radius 1 is 1.15 bits per heavy atom. The molecule has 1 atom stereocenters. The van der Waals surface area contributed by atoms with E-state index in [1.807, 2.05) is 25.1 Å². The Bertz CT molecular complexity index is 1240. The topological polar surface area (TPSA) is 128 Å². The second-order valence-electron chi connectivity index (χ2n) is 7.49. The zero-order valence-corrected chi connectivity index (χ0v) is 19.9. The molecular formula is C22H26N2O7S2. The average molecular weight is 495 g/mol. The fourth-order valence-electron chi connectivity index (χ4n) is 3.33. The number of amides is 1. The van der Waals surface area contributed by atoms with Gasteiger partial charge in [-0.25, -0.2) is 21.6 Å². The third-order valence-electron chi connectivity index (χ3n) is 4.91. The molecule has 2 N–H and O–H groups in total. The summed E-state index contributed by atoms with van der Waals surface area (Å²) in [5.74, 6) is 0.250. The molecule has 1 aliphatic rings. The number of nitrogens with one attached hydrogen (secondary N) is 2. The number of hydrogen-bond acceptors (Lipinski definition) is 7. The maximum Gasteiger partial charge on any atom is 0.262 e. The zero-order chi connectivity index (χ0) is 24.1. The van der Waals surface area contributed by atoms with E-state index in [0.717, 1.165) is 5.56 Å². The molecule has 9 nitrogen and oxygen atoms in total. The minimum Gasteiger partial charge on any atom is -0.493 e. The molecule has 1 saturated heterocycles. The maximum atomic E-state index is 12.5. The summed E-state index contributed by atoms with van der Waals surface area (Å²) >= 11 is 0. The molecule has 3 rings (SSSR count). The normalized spacial score (nSPS) is 17.7. The van der Waals surface area contributed by atoms with Crippen molar-refractivity contribution in [1.29, 1.82) is 0 Å². The summed E-state index contributed by atoms with van der Waals surface area (Å²) < 4.78 is 61.3. The molecule has 2 aromatic carbocycles. The van der Waals surface area contributed by atoms with Gasteiger partial charge in [0.1, 0.15) is 0 Å². The standard InChI is InChI=1S/C22H26N2O7S2/c1-3-4-16-5-10-20(21(13-16)30-2)31-14-22(25)23-17-6-8-19(9-7-17)33(28,29)24-18-11-12-32(26,27)15-18/h3-10,13,18,24H,11-12,14-15H2,1-2H3,(H,23,25)/b4-3+. The van der Waals surface area contributed by atoms with E-state index in [1.165, 1.54) is 31.4 Å². The van der Waals surface area contributed by atoms with Gasteiger partial charge in [-0.05, 0) is 55.3 Å². The van der Waals surface area contributed by atoms with Crippen LogP contribution >= 0.6 is 0 Å². The van der Waals surface area contributed by atoms with E-state index >= 15 is 0 Å². The lowest BCUT2D eigenvalue weighted by Crippen LogP contribution is -2.35. The number of anilines is 1. The Morgan fingerprint density at radius 3 is 2.48 bits per heavy atom. The summed E-state index contributed by atoms with van der Waals surface area (Å²) in [7, 11) is -5.56. The second kappa shape index (κ2) is 10.4. The van der Waals surface area contributed by atoms with E-state index in [1.54, 1.807) is 12.1 Å². The number of ether oxygens (including phenoxy) is 2. The third-order valence-corrected chi connectivity index (χ3v) is 8.21. The van der Waals surface area contributed by atoms with Gasteiger partial charge in [0.15, 0.2) is 27.9 Å². The summed E-state index contributed by atoms with van der Waals surface area (Å²) in [4.78, 5) is 12.2. The van der Waals surface area contributed by atoms with Crippen molar-refractivity contribution in [3.8, 4) is 11.5 Å². The Morgan fingerprint density at radius 2 is 1.88 bits per heavy atom. The van der Waals surface area contributed by atoms with Crippen LogP contribution in [0.5, 0.6) is 11.5 Å². The smallest absolute Gasteiger partial charge is 0.262 e. The molecule has 0 radical (unpaired) electrons. The third kappa shape index (κ3) is 6.80. The molecule has 178 valence electrons. The first-order chi connectivity index (χ1) is 15.6. The van der Waals surface area contributed by atoms with E-state index in [0.29, 0.717) is 17.2 Å². The molecule has 0 saturated carbocycles. The minimum absolute atomic E-state index is 0.0213. The second-order valence-corrected chi connectivity index (χ2v) is 11.4. The predicted molar refractivity (Wildman–Crippen MR) is 126 cm³/mol. The van der Waals surface area contributed by atoms with Gasteiger partial charge in [-0.2, -0.15) is 0 Å². The molecule has 1 fully saturated rings. The average Bonchev–Trinajstić information content (AvgIpc) is 3.10. The van der Waals surface area contributed by atoms with Crippen molar-refractivity contribution in [1.82, 2.24) is 4.72 Å². The molecule has 2 aromatic rings. The van der Waals surface area contributed by atoms with Crippen LogP contribution in [0.4, 0.5) is 5.69 Å². The van der Waals surface area contributed by atoms with Gasteiger partial charge in [0.2, 0.25) is 10.0 Å². The summed E-state index contributed by atoms with van der Waals surface area (Å²) in [5.41, 5.74) is 1.33. The highest BCUT2D eigenvalue weighted by atomic mass is 32.2. The number of methoxy groups -OCH3 is 1. The largest absolute Gasteiger partial charge is 0.493 e. The Kier molecular flexibility index (Phi) is 7.77. The van der Waals surface area contributed by atoms with Crippen LogP contribution in [0.15, 0.2) is 53.4 Å². The molecule has 0 spiro atoms. The van der Waals surface area contributed by atoms with Gasteiger partial charge in [-0.15, -0.1) is 0 Å². The van der Waals surface area contributed by atoms with Crippen LogP contribution in [0.3, 0.4) is 0 Å². The number of benzene rings is 2. The first kappa shape index (κ1) is 24.7. The van der Waals surface area contributed by atoms with Gasteiger partial charge >= 0.3 is 0 Å². The molecule has 0 bridgehead atoms. The van der Waals surface area contributed by atoms with Crippen molar-refractivity contribution in [3.05, 3.63) is 54.1 Å². The highest BCUT2D eigenvalue weighted by Gasteiger charge is 2.31. The fourth-order valence-corrected chi connectivity index (χ4v) is 6.38. The van der Waals surface area contributed by atoms with Gasteiger partial charge in [0, 0.05) is 11.7 Å². The maximum absolute atomic E-state index is 12.5. The number of sulfonamides is 1. The number of carbonyl (C=O) groups excluding carboxylic acids is 1. The van der Waals surface area contributed by atoms with E-state index < -0.39 is 31.8 Å². The first-order valence-electron chi connectivity index (χ1n) is 10.2. The summed E-state index contributed by atoms with van der Waals surface area (Å²) in [6, 6.07) is 10.3. The Hall–Kier alpha value is -2.89. The van der Waals surface area contributed by atoms with Crippen LogP contribution < -0.4 is 19.5 Å². The van der Waals surface area contributed by atoms with Gasteiger partial charge in [0.05, 0.1) is 23.5 Å². The monoisotopic (exact) mass is 494 g/mol. The highest BCUT2D eigenvalue weighted by molar-refractivity contribution is 7.92. The van der Waals surface area contributed by atoms with Crippen LogP contribution in [-0.4, -0.2) is 54.0 Å². The van der Waals surface area contributed by atoms with Crippen molar-refractivity contribution in [2.45, 2.75) is 24.3 Å². The van der Waals surface area contributed by atoms with Crippen LogP contribution in [0.1, 0.15) is 18.9 Å². The molecule has 0 aromatic heterocycles. The molecule has 1 unspecified atom stereocenters. The number of sulfone groups is 1. The van der Waals surface area contributed by atoms with Crippen molar-refractivity contribution in [2.75, 3.05) is 30.5 Å². The lowest BCUT2D eigenvalue weighted by molar-refractivity contribution is -0.118. The fraction of sp³-hybridized carbons (Fsp3) is 0.318. The first-order valence-corrected chi connectivity index (χ1v) is 13.5. The van der Waals surface area contributed by atoms with E-state index in [9.17, 15) is 21.6 Å². The Labute approximate surface area is 193 Å². The molecule has 11 heteroatoms. The quantitative estimate of drug-likeness (QED) is 0.547. The Balaban J connectivity index is 1.57. The summed E-state index contributed by atoms with van der Waals surface area (Å²) in [5, 5.41) is 2.63. The minimum atomic E-state index is -3.87. The van der Waals surface area contributed by atoms with Gasteiger partial charge in [0.25, 0.3) is 5.91 Å². The SMILES string of the molecule is C/C=C/c1ccc(OCC(=O)Nc2ccc(S(=O)(=O)NC3CCS(=O)(=O)C3)cc2)c(OC)c1. The predicted octanol–water partition coefficient (Wildman–Crippen LogP) is 2.21. The van der Waals surface area contributed by atoms with Crippen LogP contribution in [0.25, 0.3) is 6.08 Å². The van der Waals surface area contributed by atoms with Gasteiger partial charge < -0.3 is 14.8 Å². The number of hydrogen-bond donors (Lipinski definition) is 2. The van der Waals surface area contributed by atoms with E-state index in [2.05, 4.69) is 10.0 Å². The molecule has 1 heterocycles. The van der Waals surface area contributed by atoms with E-state index in [4.69, 9.17) is 9.47 Å². The van der Waals surface area contributed by atoms with Crippen molar-refractivity contribution in [3.63, 3.8) is 0 Å². The lowest BCUT2D eigenvalue weighted by Gasteiger charge is -2.13. The molecule has 0 aliphatic carbocycles. The molecular weight excluding hydrogens is 468 g/mol. The number of rotatable bonds is 9. The van der Waals surface area contributed by atoms with Crippen molar-refractivity contribution >= 4 is 37.5 Å². The zero-order valence-electron chi connectivity index (χ0n) is 18.3. The van der Waals surface area contributed by atoms with Gasteiger partial charge in [-0.3, -0.25) is 4.79 Å². The number of allylic oxidation sites excluding steroid dienone is 1. The van der Waals surface area contributed by atoms with Crippen LogP contribution in [0, 0.1) is 0 Å². The molecule has 1 amide bonds. The highest BCUT2D eigenvalue weighted by Crippen LogP contribution is 2.28. The van der Waals surface area contributed by atoms with Crippen LogP contribution in [0.2, 0.25) is 0 Å². The lowest BCUT2D eigenvalue weighted by atomic mass is 10.2. The van der Waals surface area contributed by atoms with Crippen LogP contribution in [-0.2, 0) is 24.7 Å². The van der Waals surface area contributed by atoms with Crippen molar-refractivity contribution in [2.24, 2.45) is 0 Å². The van der Waals surface area contributed by atoms with E-state index in [-0.39, 0.29) is 29.4 Å².